The van der Waals surface area contributed by atoms with Gasteiger partial charge in [-0.25, -0.2) is 14.8 Å². The van der Waals surface area contributed by atoms with Gasteiger partial charge in [0.15, 0.2) is 0 Å². The lowest BCUT2D eigenvalue weighted by Crippen LogP contribution is -2.42. The molecule has 1 unspecified atom stereocenters. The quantitative estimate of drug-likeness (QED) is 0.922. The number of likely N-dealkylation sites (tertiary alicyclic amines) is 1. The third-order valence-electron chi connectivity index (χ3n) is 4.89. The summed E-state index contributed by atoms with van der Waals surface area (Å²) < 4.78 is 2.20. The molecule has 1 saturated heterocycles. The van der Waals surface area contributed by atoms with Crippen LogP contribution < -0.4 is 5.32 Å². The average molecular weight is 341 g/mol. The van der Waals surface area contributed by atoms with E-state index in [2.05, 4.69) is 30.0 Å². The summed E-state index contributed by atoms with van der Waals surface area (Å²) >= 11 is 0. The van der Waals surface area contributed by atoms with Gasteiger partial charge in [0.25, 0.3) is 0 Å². The predicted molar refractivity (Wildman–Crippen MR) is 92.3 cm³/mol. The molecule has 0 aromatic carbocycles. The standard InChI is InChI=1S/C17H23N7O/c1-2-15-18-8-13(9-19-15)21-17(25)23-7-3-4-12(10-23)16-22-20-11-24(16)14-5-6-14/h8-9,11-12,14H,2-7,10H2,1H3,(H,21,25). The molecule has 2 aromatic heterocycles. The number of hydrogen-bond acceptors (Lipinski definition) is 5. The molecule has 0 radical (unpaired) electrons. The molecule has 8 heteroatoms. The summed E-state index contributed by atoms with van der Waals surface area (Å²) in [6, 6.07) is 0.457. The fourth-order valence-corrected chi connectivity index (χ4v) is 3.35. The van der Waals surface area contributed by atoms with Crippen LogP contribution in [0.15, 0.2) is 18.7 Å². The molecule has 4 rings (SSSR count). The van der Waals surface area contributed by atoms with Crippen LogP contribution in [0.4, 0.5) is 10.5 Å². The summed E-state index contributed by atoms with van der Waals surface area (Å²) in [5.74, 6) is 2.05. The smallest absolute Gasteiger partial charge is 0.321 e. The molecule has 1 saturated carbocycles. The zero-order valence-corrected chi connectivity index (χ0v) is 14.4. The van der Waals surface area contributed by atoms with Gasteiger partial charge in [0.2, 0.25) is 0 Å². The number of anilines is 1. The highest BCUT2D eigenvalue weighted by molar-refractivity contribution is 5.89. The molecule has 132 valence electrons. The Bertz CT molecular complexity index is 738. The molecule has 2 aliphatic rings. The van der Waals surface area contributed by atoms with E-state index in [-0.39, 0.29) is 11.9 Å². The van der Waals surface area contributed by atoms with Crippen LogP contribution in [0.2, 0.25) is 0 Å². The number of aryl methyl sites for hydroxylation is 1. The molecular formula is C17H23N7O. The first-order chi connectivity index (χ1) is 12.2. The lowest BCUT2D eigenvalue weighted by molar-refractivity contribution is 0.190. The maximum absolute atomic E-state index is 12.6. The second kappa shape index (κ2) is 6.78. The second-order valence-electron chi connectivity index (χ2n) is 6.78. The minimum absolute atomic E-state index is 0.102. The lowest BCUT2D eigenvalue weighted by atomic mass is 9.97. The van der Waals surface area contributed by atoms with Gasteiger partial charge in [0.05, 0.1) is 18.1 Å². The largest absolute Gasteiger partial charge is 0.324 e. The maximum atomic E-state index is 12.6. The number of amides is 2. The zero-order chi connectivity index (χ0) is 17.2. The summed E-state index contributed by atoms with van der Waals surface area (Å²) in [4.78, 5) is 22.9. The number of piperidine rings is 1. The Morgan fingerprint density at radius 1 is 1.28 bits per heavy atom. The number of nitrogens with one attached hydrogen (secondary N) is 1. The van der Waals surface area contributed by atoms with Crippen LogP contribution in [-0.4, -0.2) is 48.8 Å². The molecule has 3 heterocycles. The van der Waals surface area contributed by atoms with Crippen molar-refractivity contribution in [2.45, 2.75) is 51.0 Å². The van der Waals surface area contributed by atoms with E-state index in [0.717, 1.165) is 37.5 Å². The van der Waals surface area contributed by atoms with Crippen LogP contribution >= 0.6 is 0 Å². The van der Waals surface area contributed by atoms with Gasteiger partial charge >= 0.3 is 6.03 Å². The first kappa shape index (κ1) is 16.0. The van der Waals surface area contributed by atoms with Crippen LogP contribution in [0, 0.1) is 0 Å². The van der Waals surface area contributed by atoms with Gasteiger partial charge in [-0.1, -0.05) is 6.92 Å². The van der Waals surface area contributed by atoms with Crippen LogP contribution in [-0.2, 0) is 6.42 Å². The third-order valence-corrected chi connectivity index (χ3v) is 4.89. The van der Waals surface area contributed by atoms with Crippen molar-refractivity contribution in [1.29, 1.82) is 0 Å². The first-order valence-corrected chi connectivity index (χ1v) is 9.01. The minimum Gasteiger partial charge on any atom is -0.324 e. The van der Waals surface area contributed by atoms with Crippen molar-refractivity contribution in [2.75, 3.05) is 18.4 Å². The molecule has 2 amide bonds. The van der Waals surface area contributed by atoms with Gasteiger partial charge in [0, 0.05) is 31.5 Å². The van der Waals surface area contributed by atoms with E-state index in [1.807, 2.05) is 18.2 Å². The highest BCUT2D eigenvalue weighted by Crippen LogP contribution is 2.38. The van der Waals surface area contributed by atoms with Crippen LogP contribution in [0.3, 0.4) is 0 Å². The fraction of sp³-hybridized carbons (Fsp3) is 0.588. The highest BCUT2D eigenvalue weighted by atomic mass is 16.2. The van der Waals surface area contributed by atoms with E-state index in [4.69, 9.17) is 0 Å². The Labute approximate surface area is 146 Å². The first-order valence-electron chi connectivity index (χ1n) is 9.01. The summed E-state index contributed by atoms with van der Waals surface area (Å²) in [5, 5.41) is 11.3. The number of carbonyl (C=O) groups excluding carboxylic acids is 1. The van der Waals surface area contributed by atoms with Crippen molar-refractivity contribution in [1.82, 2.24) is 29.6 Å². The Balaban J connectivity index is 1.41. The minimum atomic E-state index is -0.102. The summed E-state index contributed by atoms with van der Waals surface area (Å²) in [6.45, 7) is 3.43. The molecule has 0 bridgehead atoms. The van der Waals surface area contributed by atoms with Gasteiger partial charge in [-0.2, -0.15) is 0 Å². The van der Waals surface area contributed by atoms with Crippen molar-refractivity contribution in [2.24, 2.45) is 0 Å². The molecule has 1 aliphatic heterocycles. The fourth-order valence-electron chi connectivity index (χ4n) is 3.35. The second-order valence-corrected chi connectivity index (χ2v) is 6.78. The Morgan fingerprint density at radius 2 is 2.08 bits per heavy atom. The van der Waals surface area contributed by atoms with E-state index >= 15 is 0 Å². The van der Waals surface area contributed by atoms with Crippen LogP contribution in [0.5, 0.6) is 0 Å². The van der Waals surface area contributed by atoms with Crippen molar-refractivity contribution >= 4 is 11.7 Å². The normalized spacial score (nSPS) is 20.5. The summed E-state index contributed by atoms with van der Waals surface area (Å²) in [5.41, 5.74) is 0.630. The average Bonchev–Trinajstić information content (AvgIpc) is 3.39. The Morgan fingerprint density at radius 3 is 2.80 bits per heavy atom. The van der Waals surface area contributed by atoms with Crippen molar-refractivity contribution < 1.29 is 4.79 Å². The van der Waals surface area contributed by atoms with Crippen molar-refractivity contribution in [3.8, 4) is 0 Å². The van der Waals surface area contributed by atoms with Crippen molar-refractivity contribution in [3.05, 3.63) is 30.4 Å². The number of aromatic nitrogens is 5. The molecule has 0 spiro atoms. The monoisotopic (exact) mass is 341 g/mol. The van der Waals surface area contributed by atoms with Gasteiger partial charge in [0.1, 0.15) is 18.0 Å². The molecular weight excluding hydrogens is 318 g/mol. The van der Waals surface area contributed by atoms with Crippen LogP contribution in [0.1, 0.15) is 56.2 Å². The SMILES string of the molecule is CCc1ncc(NC(=O)N2CCCC(c3nncn3C3CC3)C2)cn1. The van der Waals surface area contributed by atoms with E-state index in [1.165, 1.54) is 12.8 Å². The summed E-state index contributed by atoms with van der Waals surface area (Å²) in [6.07, 6.45) is 10.4. The van der Waals surface area contributed by atoms with Gasteiger partial charge < -0.3 is 14.8 Å². The highest BCUT2D eigenvalue weighted by Gasteiger charge is 2.32. The number of rotatable bonds is 4. The van der Waals surface area contributed by atoms with Gasteiger partial charge in [-0.3, -0.25) is 0 Å². The van der Waals surface area contributed by atoms with E-state index in [1.54, 1.807) is 12.4 Å². The molecule has 1 aliphatic carbocycles. The Kier molecular flexibility index (Phi) is 4.33. The molecule has 2 fully saturated rings. The molecule has 2 aromatic rings. The number of nitrogens with zero attached hydrogens (tertiary/aromatic N) is 6. The third kappa shape index (κ3) is 3.47. The lowest BCUT2D eigenvalue weighted by Gasteiger charge is -2.32. The number of urea groups is 1. The molecule has 1 N–H and O–H groups in total. The van der Waals surface area contributed by atoms with Gasteiger partial charge in [-0.15, -0.1) is 10.2 Å². The predicted octanol–water partition coefficient (Wildman–Crippen LogP) is 2.38. The maximum Gasteiger partial charge on any atom is 0.321 e. The van der Waals surface area contributed by atoms with E-state index in [0.29, 0.717) is 18.3 Å². The number of hydrogen-bond donors (Lipinski definition) is 1. The van der Waals surface area contributed by atoms with Gasteiger partial charge in [-0.05, 0) is 25.7 Å². The van der Waals surface area contributed by atoms with Crippen molar-refractivity contribution in [3.63, 3.8) is 0 Å². The van der Waals surface area contributed by atoms with Crippen LogP contribution in [0.25, 0.3) is 0 Å². The molecule has 1 atom stereocenters. The topological polar surface area (TPSA) is 88.8 Å². The zero-order valence-electron chi connectivity index (χ0n) is 14.4. The number of carbonyl (C=O) groups is 1. The molecule has 8 nitrogen and oxygen atoms in total. The Hall–Kier alpha value is -2.51. The van der Waals surface area contributed by atoms with E-state index in [9.17, 15) is 4.79 Å². The summed E-state index contributed by atoms with van der Waals surface area (Å²) in [7, 11) is 0. The van der Waals surface area contributed by atoms with E-state index < -0.39 is 0 Å². The molecule has 25 heavy (non-hydrogen) atoms.